The van der Waals surface area contributed by atoms with Crippen molar-refractivity contribution in [1.29, 1.82) is 0 Å². The molecule has 3 rings (SSSR count). The van der Waals surface area contributed by atoms with Crippen molar-refractivity contribution in [3.63, 3.8) is 0 Å². The maximum atomic E-state index is 15.4. The lowest BCUT2D eigenvalue weighted by Crippen LogP contribution is -2.50. The maximum Gasteiger partial charge on any atom is 0.573 e. The van der Waals surface area contributed by atoms with E-state index in [1.165, 1.54) is 0 Å². The molecule has 0 aliphatic heterocycles. The zero-order valence-corrected chi connectivity index (χ0v) is 24.3. The molecule has 1 aromatic heterocycles. The van der Waals surface area contributed by atoms with Crippen LogP contribution >= 0.6 is 22.6 Å². The number of pyridine rings is 1. The van der Waals surface area contributed by atoms with Crippen molar-refractivity contribution in [2.45, 2.75) is 37.0 Å². The van der Waals surface area contributed by atoms with Crippen LogP contribution in [-0.4, -0.2) is 42.4 Å². The maximum absolute atomic E-state index is 15.4. The number of halogens is 15. The predicted molar refractivity (Wildman–Crippen MR) is 137 cm³/mol. The van der Waals surface area contributed by atoms with Gasteiger partial charge in [0.15, 0.2) is 11.6 Å². The second-order valence-electron chi connectivity index (χ2n) is 9.17. The Morgan fingerprint density at radius 2 is 1.46 bits per heavy atom. The number of anilines is 1. The van der Waals surface area contributed by atoms with Crippen LogP contribution in [0.25, 0.3) is 0 Å². The third kappa shape index (κ3) is 7.46. The molecule has 0 bridgehead atoms. The summed E-state index contributed by atoms with van der Waals surface area (Å²) in [4.78, 5) is 29.4. The number of ether oxygens (including phenoxy) is 1. The molecule has 0 unspecified atom stereocenters. The van der Waals surface area contributed by atoms with Gasteiger partial charge in [-0.25, -0.2) is 8.78 Å². The van der Waals surface area contributed by atoms with Gasteiger partial charge in [0.1, 0.15) is 11.4 Å². The van der Waals surface area contributed by atoms with Gasteiger partial charge in [0.25, 0.3) is 5.91 Å². The third-order valence-corrected chi connectivity index (χ3v) is 7.10. The molecule has 5 nitrogen and oxygen atoms in total. The number of ketones is 1. The van der Waals surface area contributed by atoms with Crippen LogP contribution in [0, 0.1) is 9.39 Å². The molecule has 1 heterocycles. The van der Waals surface area contributed by atoms with E-state index >= 15 is 4.39 Å². The standard InChI is InChI=1S/C26H13F14IN2O3/c1-43(21(45)11-5-6-19(42-10-11)23(29,30)31)16-4-2-3-13(20(16)27)17(44)9-14-15(41)7-12(8-18(14)46-26(38,39)40)22(28,24(32,33)34)25(35,36)37/h2-8,10H,9H2,1H3. The van der Waals surface area contributed by atoms with Gasteiger partial charge in [-0.1, -0.05) is 6.07 Å². The van der Waals surface area contributed by atoms with E-state index in [9.17, 15) is 66.7 Å². The Balaban J connectivity index is 2.04. The fraction of sp³-hybridized carbons (Fsp3) is 0.269. The molecule has 0 atom stereocenters. The number of carbonyl (C=O) groups is 2. The van der Waals surface area contributed by atoms with Crippen LogP contribution in [-0.2, 0) is 18.3 Å². The van der Waals surface area contributed by atoms with E-state index in [0.717, 1.165) is 53.9 Å². The molecule has 0 saturated carbocycles. The van der Waals surface area contributed by atoms with E-state index in [1.54, 1.807) is 0 Å². The lowest BCUT2D eigenvalue weighted by Gasteiger charge is -2.31. The normalized spacial score (nSPS) is 13.0. The van der Waals surface area contributed by atoms with Gasteiger partial charge < -0.3 is 9.64 Å². The molecule has 0 N–H and O–H groups in total. The quantitative estimate of drug-likeness (QED) is 0.137. The number of Topliss-reactive ketones (excluding diaryl/α,β-unsaturated/α-hetero) is 1. The summed E-state index contributed by atoms with van der Waals surface area (Å²) in [5, 5.41) is 0. The topological polar surface area (TPSA) is 59.5 Å². The molecular formula is C26H13F14IN2O3. The molecule has 2 aromatic carbocycles. The Labute approximate surface area is 261 Å². The van der Waals surface area contributed by atoms with Crippen LogP contribution in [0.15, 0.2) is 48.7 Å². The minimum atomic E-state index is -6.70. The number of carbonyl (C=O) groups excluding carboxylic acids is 2. The Morgan fingerprint density at radius 1 is 0.870 bits per heavy atom. The van der Waals surface area contributed by atoms with E-state index in [-0.39, 0.29) is 6.07 Å². The fourth-order valence-corrected chi connectivity index (χ4v) is 4.72. The molecule has 0 aliphatic carbocycles. The number of rotatable bonds is 7. The average molecular weight is 794 g/mol. The molecule has 250 valence electrons. The van der Waals surface area contributed by atoms with Crippen LogP contribution in [0.5, 0.6) is 5.75 Å². The van der Waals surface area contributed by atoms with Gasteiger partial charge in [-0.3, -0.25) is 14.6 Å². The zero-order chi connectivity index (χ0) is 35.2. The average Bonchev–Trinajstić information content (AvgIpc) is 2.91. The minimum Gasteiger partial charge on any atom is -0.405 e. The fourth-order valence-electron chi connectivity index (χ4n) is 3.93. The van der Waals surface area contributed by atoms with Crippen molar-refractivity contribution in [3.05, 3.63) is 86.0 Å². The highest BCUT2D eigenvalue weighted by Gasteiger charge is 2.73. The number of hydrogen-bond acceptors (Lipinski definition) is 4. The number of alkyl halides is 13. The van der Waals surface area contributed by atoms with Gasteiger partial charge in [-0.05, 0) is 59.0 Å². The zero-order valence-electron chi connectivity index (χ0n) is 22.1. The Kier molecular flexibility index (Phi) is 9.96. The molecule has 1 amide bonds. The van der Waals surface area contributed by atoms with Gasteiger partial charge in [0.2, 0.25) is 0 Å². The highest BCUT2D eigenvalue weighted by atomic mass is 127. The van der Waals surface area contributed by atoms with Crippen molar-refractivity contribution in [1.82, 2.24) is 4.98 Å². The van der Waals surface area contributed by atoms with E-state index in [0.29, 0.717) is 17.2 Å². The van der Waals surface area contributed by atoms with Crippen molar-refractivity contribution in [2.75, 3.05) is 11.9 Å². The molecule has 0 spiro atoms. The summed E-state index contributed by atoms with van der Waals surface area (Å²) in [5.74, 6) is -5.87. The van der Waals surface area contributed by atoms with Crippen molar-refractivity contribution in [2.24, 2.45) is 0 Å². The summed E-state index contributed by atoms with van der Waals surface area (Å²) in [6.07, 6.45) is -24.8. The second kappa shape index (κ2) is 12.5. The third-order valence-electron chi connectivity index (χ3n) is 6.14. The van der Waals surface area contributed by atoms with Crippen LogP contribution in [0.4, 0.5) is 67.2 Å². The van der Waals surface area contributed by atoms with Crippen molar-refractivity contribution < 1.29 is 75.8 Å². The summed E-state index contributed by atoms with van der Waals surface area (Å²) >= 11 is 0.937. The Bertz CT molecular complexity index is 1620. The van der Waals surface area contributed by atoms with Crippen LogP contribution in [0.2, 0.25) is 0 Å². The molecule has 0 fully saturated rings. The Hall–Kier alpha value is -3.72. The SMILES string of the molecule is CN(C(=O)c1ccc(C(F)(F)F)nc1)c1cccc(C(=O)Cc2c(I)cc(C(F)(C(F)(F)F)C(F)(F)F)cc2OC(F)(F)F)c1F. The molecule has 0 aliphatic rings. The van der Waals surface area contributed by atoms with Gasteiger partial charge >= 0.3 is 30.6 Å². The second-order valence-corrected chi connectivity index (χ2v) is 10.3. The lowest BCUT2D eigenvalue weighted by molar-refractivity contribution is -0.348. The first kappa shape index (κ1) is 36.7. The molecule has 20 heteroatoms. The van der Waals surface area contributed by atoms with Gasteiger partial charge in [-0.15, -0.1) is 13.2 Å². The summed E-state index contributed by atoms with van der Waals surface area (Å²) in [6, 6.07) is 3.21. The Morgan fingerprint density at radius 3 is 1.93 bits per heavy atom. The molecule has 3 aromatic rings. The van der Waals surface area contributed by atoms with Crippen LogP contribution in [0.1, 0.15) is 37.5 Å². The number of benzene rings is 2. The highest BCUT2D eigenvalue weighted by Crippen LogP contribution is 2.54. The van der Waals surface area contributed by atoms with Crippen LogP contribution in [0.3, 0.4) is 0 Å². The molecule has 0 radical (unpaired) electrons. The monoisotopic (exact) mass is 794 g/mol. The smallest absolute Gasteiger partial charge is 0.405 e. The van der Waals surface area contributed by atoms with E-state index in [1.807, 2.05) is 0 Å². The molecule has 0 saturated heterocycles. The first-order chi connectivity index (χ1) is 20.8. The lowest BCUT2D eigenvalue weighted by atomic mass is 9.91. The van der Waals surface area contributed by atoms with E-state index in [2.05, 4.69) is 9.72 Å². The molecule has 46 heavy (non-hydrogen) atoms. The summed E-state index contributed by atoms with van der Waals surface area (Å²) < 4.78 is 190. The first-order valence-electron chi connectivity index (χ1n) is 11.8. The highest BCUT2D eigenvalue weighted by molar-refractivity contribution is 14.1. The number of aromatic nitrogens is 1. The number of hydrogen-bond donors (Lipinski definition) is 0. The summed E-state index contributed by atoms with van der Waals surface area (Å²) in [6.45, 7) is 0. The molecular weight excluding hydrogens is 781 g/mol. The van der Waals surface area contributed by atoms with Gasteiger partial charge in [-0.2, -0.15) is 39.5 Å². The van der Waals surface area contributed by atoms with Crippen molar-refractivity contribution >= 4 is 40.0 Å². The van der Waals surface area contributed by atoms with E-state index in [4.69, 9.17) is 0 Å². The van der Waals surface area contributed by atoms with Gasteiger partial charge in [0.05, 0.1) is 16.8 Å². The largest absolute Gasteiger partial charge is 0.573 e. The van der Waals surface area contributed by atoms with Crippen molar-refractivity contribution in [3.8, 4) is 5.75 Å². The van der Waals surface area contributed by atoms with Gasteiger partial charge in [0, 0.05) is 34.4 Å². The number of amides is 1. The predicted octanol–water partition coefficient (Wildman–Crippen LogP) is 8.73. The summed E-state index contributed by atoms with van der Waals surface area (Å²) in [5.41, 5.74) is -12.9. The minimum absolute atomic E-state index is 0.106. The van der Waals surface area contributed by atoms with E-state index < -0.39 is 104 Å². The first-order valence-corrected chi connectivity index (χ1v) is 12.9. The van der Waals surface area contributed by atoms with Crippen LogP contribution < -0.4 is 9.64 Å². The summed E-state index contributed by atoms with van der Waals surface area (Å²) in [7, 11) is 0.939. The number of nitrogens with zero attached hydrogens (tertiary/aromatic N) is 2.